The summed E-state index contributed by atoms with van der Waals surface area (Å²) in [6.07, 6.45) is 0.120. The monoisotopic (exact) mass is 476 g/mol. The zero-order valence-electron chi connectivity index (χ0n) is 16.7. The number of halogens is 1. The first kappa shape index (κ1) is 21.9. The lowest BCUT2D eigenvalue weighted by atomic mass is 10.2. The average Bonchev–Trinajstić information content (AvgIpc) is 3.39. The number of carbonyl (C=O) groups excluding carboxylic acids is 2. The van der Waals surface area contributed by atoms with Gasteiger partial charge in [-0.25, -0.2) is 18.0 Å². The number of sulfonamides is 1. The van der Waals surface area contributed by atoms with Gasteiger partial charge < -0.3 is 9.26 Å². The molecular formula is C20H17ClN4O6S. The molecule has 1 saturated heterocycles. The van der Waals surface area contributed by atoms with E-state index in [0.717, 1.165) is 4.90 Å². The predicted octanol–water partition coefficient (Wildman–Crippen LogP) is 2.53. The highest BCUT2D eigenvalue weighted by Gasteiger charge is 2.33. The maximum atomic E-state index is 12.8. The number of nitrogens with zero attached hydrogens (tertiary/aromatic N) is 3. The summed E-state index contributed by atoms with van der Waals surface area (Å²) in [6, 6.07) is 10.7. The molecular weight excluding hydrogens is 460 g/mol. The smallest absolute Gasteiger partial charge is 0.242 e. The third-order valence-corrected chi connectivity index (χ3v) is 6.39. The van der Waals surface area contributed by atoms with Crippen molar-refractivity contribution in [2.75, 3.05) is 12.0 Å². The van der Waals surface area contributed by atoms with Gasteiger partial charge in [0.25, 0.3) is 0 Å². The number of imide groups is 1. The first-order valence-electron chi connectivity index (χ1n) is 9.40. The van der Waals surface area contributed by atoms with Gasteiger partial charge >= 0.3 is 0 Å². The van der Waals surface area contributed by atoms with Crippen molar-refractivity contribution in [3.05, 3.63) is 53.4 Å². The number of ether oxygens (including phenoxy) is 1. The summed E-state index contributed by atoms with van der Waals surface area (Å²) in [5, 5.41) is 4.39. The van der Waals surface area contributed by atoms with Crippen LogP contribution in [0.1, 0.15) is 18.7 Å². The number of anilines is 1. The van der Waals surface area contributed by atoms with E-state index in [1.54, 1.807) is 24.3 Å². The van der Waals surface area contributed by atoms with Crippen molar-refractivity contribution in [2.24, 2.45) is 0 Å². The number of aromatic nitrogens is 2. The zero-order valence-corrected chi connectivity index (χ0v) is 18.3. The van der Waals surface area contributed by atoms with Crippen molar-refractivity contribution in [3.8, 4) is 17.1 Å². The van der Waals surface area contributed by atoms with E-state index in [1.165, 1.54) is 25.3 Å². The van der Waals surface area contributed by atoms with Crippen molar-refractivity contribution >= 4 is 39.1 Å². The van der Waals surface area contributed by atoms with Gasteiger partial charge in [-0.05, 0) is 42.5 Å². The average molecular weight is 477 g/mol. The van der Waals surface area contributed by atoms with Crippen LogP contribution in [-0.2, 0) is 26.2 Å². The predicted molar refractivity (Wildman–Crippen MR) is 113 cm³/mol. The summed E-state index contributed by atoms with van der Waals surface area (Å²) in [4.78, 5) is 29.2. The van der Waals surface area contributed by atoms with E-state index in [9.17, 15) is 18.0 Å². The number of hydrogen-bond donors (Lipinski definition) is 1. The summed E-state index contributed by atoms with van der Waals surface area (Å²) in [5.74, 6) is -0.296. The van der Waals surface area contributed by atoms with E-state index in [1.807, 2.05) is 0 Å². The fraction of sp³-hybridized carbons (Fsp3) is 0.200. The van der Waals surface area contributed by atoms with E-state index in [0.29, 0.717) is 10.6 Å². The number of rotatable bonds is 7. The molecule has 4 rings (SSSR count). The number of methoxy groups -OCH3 is 1. The lowest BCUT2D eigenvalue weighted by Crippen LogP contribution is -2.29. The van der Waals surface area contributed by atoms with E-state index in [2.05, 4.69) is 14.9 Å². The van der Waals surface area contributed by atoms with Crippen LogP contribution in [0.25, 0.3) is 11.4 Å². The first-order chi connectivity index (χ1) is 15.3. The summed E-state index contributed by atoms with van der Waals surface area (Å²) >= 11 is 5.86. The Bertz CT molecular complexity index is 1270. The van der Waals surface area contributed by atoms with Crippen molar-refractivity contribution < 1.29 is 27.3 Å². The Hall–Kier alpha value is -3.28. The lowest BCUT2D eigenvalue weighted by Gasteiger charge is -2.18. The molecule has 2 heterocycles. The Morgan fingerprint density at radius 1 is 1.12 bits per heavy atom. The molecule has 2 aromatic carbocycles. The Balaban J connectivity index is 1.54. The maximum Gasteiger partial charge on any atom is 0.242 e. The molecule has 0 radical (unpaired) electrons. The summed E-state index contributed by atoms with van der Waals surface area (Å²) in [7, 11) is -2.67. The molecule has 166 valence electrons. The van der Waals surface area contributed by atoms with Gasteiger partial charge in [-0.15, -0.1) is 0 Å². The molecule has 0 bridgehead atoms. The SMILES string of the molecule is COc1ccc(S(=O)(=O)NCc2nc(-c3ccc(Cl)cc3)no2)cc1N1C(=O)CCC1=O. The van der Waals surface area contributed by atoms with Crippen LogP contribution in [-0.4, -0.2) is 37.5 Å². The van der Waals surface area contributed by atoms with E-state index in [4.69, 9.17) is 20.9 Å². The van der Waals surface area contributed by atoms with Gasteiger partial charge in [0, 0.05) is 23.4 Å². The fourth-order valence-corrected chi connectivity index (χ4v) is 4.26. The molecule has 0 atom stereocenters. The molecule has 10 nitrogen and oxygen atoms in total. The Morgan fingerprint density at radius 2 is 1.81 bits per heavy atom. The Morgan fingerprint density at radius 3 is 2.47 bits per heavy atom. The van der Waals surface area contributed by atoms with Gasteiger partial charge in [0.1, 0.15) is 5.75 Å². The molecule has 0 aliphatic carbocycles. The number of benzene rings is 2. The van der Waals surface area contributed by atoms with Crippen LogP contribution in [0.15, 0.2) is 51.9 Å². The lowest BCUT2D eigenvalue weighted by molar-refractivity contribution is -0.121. The molecule has 2 amide bonds. The summed E-state index contributed by atoms with van der Waals surface area (Å²) in [5.41, 5.74) is 0.734. The summed E-state index contributed by atoms with van der Waals surface area (Å²) < 4.78 is 38.3. The van der Waals surface area contributed by atoms with Gasteiger partial charge in [0.15, 0.2) is 0 Å². The zero-order chi connectivity index (χ0) is 22.9. The number of nitrogens with one attached hydrogen (secondary N) is 1. The Labute approximate surface area is 188 Å². The molecule has 0 spiro atoms. The topological polar surface area (TPSA) is 132 Å². The minimum absolute atomic E-state index is 0.0529. The van der Waals surface area contributed by atoms with Gasteiger partial charge in [0.05, 0.1) is 24.2 Å². The van der Waals surface area contributed by atoms with Crippen LogP contribution < -0.4 is 14.4 Å². The van der Waals surface area contributed by atoms with E-state index >= 15 is 0 Å². The second-order valence-corrected chi connectivity index (χ2v) is 9.00. The van der Waals surface area contributed by atoms with Gasteiger partial charge in [-0.2, -0.15) is 4.98 Å². The van der Waals surface area contributed by atoms with Crippen LogP contribution in [0, 0.1) is 0 Å². The molecule has 0 saturated carbocycles. The van der Waals surface area contributed by atoms with Crippen LogP contribution in [0.3, 0.4) is 0 Å². The second kappa shape index (κ2) is 8.69. The highest BCUT2D eigenvalue weighted by Crippen LogP contribution is 2.34. The first-order valence-corrected chi connectivity index (χ1v) is 11.3. The highest BCUT2D eigenvalue weighted by molar-refractivity contribution is 7.89. The van der Waals surface area contributed by atoms with Gasteiger partial charge in [-0.3, -0.25) is 9.59 Å². The van der Waals surface area contributed by atoms with E-state index < -0.39 is 21.8 Å². The van der Waals surface area contributed by atoms with Crippen LogP contribution in [0.4, 0.5) is 5.69 Å². The van der Waals surface area contributed by atoms with Crippen LogP contribution >= 0.6 is 11.6 Å². The normalized spacial score (nSPS) is 14.2. The van der Waals surface area contributed by atoms with Crippen molar-refractivity contribution in [3.63, 3.8) is 0 Å². The highest BCUT2D eigenvalue weighted by atomic mass is 35.5. The molecule has 1 aliphatic rings. The third-order valence-electron chi connectivity index (χ3n) is 4.74. The minimum atomic E-state index is -4.03. The number of amides is 2. The van der Waals surface area contributed by atoms with Crippen LogP contribution in [0.2, 0.25) is 5.02 Å². The number of hydrogen-bond acceptors (Lipinski definition) is 8. The minimum Gasteiger partial charge on any atom is -0.495 e. The Kier molecular flexibility index (Phi) is 5.96. The molecule has 0 unspecified atom stereocenters. The second-order valence-electron chi connectivity index (χ2n) is 6.80. The molecule has 1 fully saturated rings. The van der Waals surface area contributed by atoms with Gasteiger partial charge in [-0.1, -0.05) is 16.8 Å². The maximum absolute atomic E-state index is 12.8. The largest absolute Gasteiger partial charge is 0.495 e. The van der Waals surface area contributed by atoms with E-state index in [-0.39, 0.29) is 47.4 Å². The molecule has 32 heavy (non-hydrogen) atoms. The molecule has 1 aliphatic heterocycles. The van der Waals surface area contributed by atoms with Crippen molar-refractivity contribution in [1.29, 1.82) is 0 Å². The van der Waals surface area contributed by atoms with Gasteiger partial charge in [0.2, 0.25) is 33.6 Å². The molecule has 12 heteroatoms. The third kappa shape index (κ3) is 4.35. The van der Waals surface area contributed by atoms with Crippen LogP contribution in [0.5, 0.6) is 5.75 Å². The van der Waals surface area contributed by atoms with Crippen molar-refractivity contribution in [1.82, 2.24) is 14.9 Å². The molecule has 1 N–H and O–H groups in total. The van der Waals surface area contributed by atoms with Crippen molar-refractivity contribution in [2.45, 2.75) is 24.3 Å². The standard InChI is InChI=1S/C20H17ClN4O6S/c1-30-16-7-6-14(10-15(16)25-18(26)8-9-19(25)27)32(28,29)22-11-17-23-20(24-31-17)12-2-4-13(21)5-3-12/h2-7,10,22H,8-9,11H2,1H3. The number of carbonyl (C=O) groups is 2. The molecule has 1 aromatic heterocycles. The fourth-order valence-electron chi connectivity index (χ4n) is 3.14. The quantitative estimate of drug-likeness (QED) is 0.514. The summed E-state index contributed by atoms with van der Waals surface area (Å²) in [6.45, 7) is -0.258. The molecule has 3 aromatic rings.